The van der Waals surface area contributed by atoms with Crippen LogP contribution < -0.4 is 5.32 Å². The zero-order valence-corrected chi connectivity index (χ0v) is 12.9. The van der Waals surface area contributed by atoms with E-state index in [0.29, 0.717) is 6.04 Å². The van der Waals surface area contributed by atoms with Gasteiger partial charge in [0.25, 0.3) is 0 Å². The van der Waals surface area contributed by atoms with E-state index in [1.807, 2.05) is 0 Å². The van der Waals surface area contributed by atoms with Gasteiger partial charge < -0.3 is 10.1 Å². The molecule has 0 aromatic heterocycles. The molecule has 1 aliphatic heterocycles. The minimum atomic E-state index is 0.210. The van der Waals surface area contributed by atoms with E-state index in [1.165, 1.54) is 32.1 Å². The summed E-state index contributed by atoms with van der Waals surface area (Å²) in [6.07, 6.45) is 8.91. The van der Waals surface area contributed by atoms with Crippen molar-refractivity contribution < 1.29 is 4.74 Å². The Bertz CT molecular complexity index is 310. The van der Waals surface area contributed by atoms with Crippen molar-refractivity contribution in [3.63, 3.8) is 0 Å². The van der Waals surface area contributed by atoms with E-state index in [0.717, 1.165) is 26.3 Å². The maximum Gasteiger partial charge on any atom is 0.0594 e. The third-order valence-corrected chi connectivity index (χ3v) is 5.06. The Hall–Kier alpha value is -0.380. The molecule has 1 saturated heterocycles. The number of rotatable bonds is 5. The van der Waals surface area contributed by atoms with E-state index in [-0.39, 0.29) is 5.54 Å². The van der Waals surface area contributed by atoms with E-state index in [4.69, 9.17) is 4.74 Å². The summed E-state index contributed by atoms with van der Waals surface area (Å²) in [5.41, 5.74) is 1.84. The van der Waals surface area contributed by atoms with Crippen LogP contribution in [0.25, 0.3) is 0 Å². The molecule has 0 aromatic rings. The number of nitrogens with one attached hydrogen (secondary N) is 1. The highest BCUT2D eigenvalue weighted by atomic mass is 16.5. The molecule has 2 rings (SSSR count). The summed E-state index contributed by atoms with van der Waals surface area (Å²) < 4.78 is 5.52. The molecule has 1 N–H and O–H groups in total. The normalized spacial score (nSPS) is 26.6. The molecule has 1 fully saturated rings. The lowest BCUT2D eigenvalue weighted by Crippen LogP contribution is -2.61. The second kappa shape index (κ2) is 6.87. The van der Waals surface area contributed by atoms with Crippen molar-refractivity contribution in [3.05, 3.63) is 11.6 Å². The summed E-state index contributed by atoms with van der Waals surface area (Å²) in [5, 5.41) is 3.61. The van der Waals surface area contributed by atoms with Crippen LogP contribution >= 0.6 is 0 Å². The number of allylic oxidation sites excluding steroid dienone is 1. The molecule has 3 nitrogen and oxygen atoms in total. The zero-order chi connectivity index (χ0) is 13.7. The number of hydrogen-bond donors (Lipinski definition) is 1. The number of morpholine rings is 1. The molecule has 1 aliphatic carbocycles. The number of hydrogen-bond acceptors (Lipinski definition) is 3. The lowest BCUT2D eigenvalue weighted by molar-refractivity contribution is -0.0272. The van der Waals surface area contributed by atoms with Gasteiger partial charge >= 0.3 is 0 Å². The van der Waals surface area contributed by atoms with Gasteiger partial charge in [-0.25, -0.2) is 0 Å². The van der Waals surface area contributed by atoms with Gasteiger partial charge in [0, 0.05) is 24.7 Å². The number of nitrogens with zero attached hydrogens (tertiary/aromatic N) is 1. The summed E-state index contributed by atoms with van der Waals surface area (Å²) in [6.45, 7) is 8.64. The van der Waals surface area contributed by atoms with Crippen molar-refractivity contribution in [1.29, 1.82) is 0 Å². The minimum absolute atomic E-state index is 0.210. The highest BCUT2D eigenvalue weighted by Gasteiger charge is 2.39. The Balaban J connectivity index is 2.18. The van der Waals surface area contributed by atoms with Crippen molar-refractivity contribution in [3.8, 4) is 0 Å². The van der Waals surface area contributed by atoms with Crippen LogP contribution in [0.4, 0.5) is 0 Å². The molecule has 2 unspecified atom stereocenters. The fourth-order valence-electron chi connectivity index (χ4n) is 3.71. The first-order valence-corrected chi connectivity index (χ1v) is 7.91. The van der Waals surface area contributed by atoms with Crippen molar-refractivity contribution in [1.82, 2.24) is 10.2 Å². The molecule has 0 amide bonds. The van der Waals surface area contributed by atoms with Crippen LogP contribution in [0.3, 0.4) is 0 Å². The smallest absolute Gasteiger partial charge is 0.0594 e. The predicted octanol–water partition coefficient (Wildman–Crippen LogP) is 2.58. The lowest BCUT2D eigenvalue weighted by Gasteiger charge is -2.49. The summed E-state index contributed by atoms with van der Waals surface area (Å²) in [4.78, 5) is 2.63. The number of ether oxygens (including phenoxy) is 1. The SMILES string of the molecule is CCC(C)(C(NC)C1=CCCCC1)N1CCOCC1. The van der Waals surface area contributed by atoms with Crippen molar-refractivity contribution >= 4 is 0 Å². The standard InChI is InChI=1S/C16H30N2O/c1-4-16(2,18-10-12-19-13-11-18)15(17-3)14-8-6-5-7-9-14/h8,15,17H,4-7,9-13H2,1-3H3. The Morgan fingerprint density at radius 2 is 2.11 bits per heavy atom. The quantitative estimate of drug-likeness (QED) is 0.774. The van der Waals surface area contributed by atoms with Crippen molar-refractivity contribution in [2.75, 3.05) is 33.4 Å². The van der Waals surface area contributed by atoms with Crippen LogP contribution in [-0.4, -0.2) is 49.8 Å². The molecule has 2 atom stereocenters. The first-order chi connectivity index (χ1) is 9.22. The molecular formula is C16H30N2O. The van der Waals surface area contributed by atoms with Gasteiger partial charge in [-0.2, -0.15) is 0 Å². The maximum atomic E-state index is 5.52. The van der Waals surface area contributed by atoms with Gasteiger partial charge in [-0.05, 0) is 46.1 Å². The Morgan fingerprint density at radius 3 is 2.63 bits per heavy atom. The van der Waals surface area contributed by atoms with Crippen LogP contribution in [0.1, 0.15) is 46.0 Å². The Kier molecular flexibility index (Phi) is 5.43. The van der Waals surface area contributed by atoms with Gasteiger partial charge in [0.2, 0.25) is 0 Å². The topological polar surface area (TPSA) is 24.5 Å². The molecule has 3 heteroatoms. The van der Waals surface area contributed by atoms with E-state index in [2.05, 4.69) is 37.2 Å². The van der Waals surface area contributed by atoms with Crippen LogP contribution in [0, 0.1) is 0 Å². The monoisotopic (exact) mass is 266 g/mol. The average molecular weight is 266 g/mol. The summed E-state index contributed by atoms with van der Waals surface area (Å²) in [6, 6.07) is 0.482. The van der Waals surface area contributed by atoms with E-state index in [9.17, 15) is 0 Å². The molecule has 0 aromatic carbocycles. The van der Waals surface area contributed by atoms with Gasteiger partial charge in [0.1, 0.15) is 0 Å². The van der Waals surface area contributed by atoms with Crippen molar-refractivity contribution in [2.24, 2.45) is 0 Å². The van der Waals surface area contributed by atoms with Gasteiger partial charge in [-0.1, -0.05) is 18.6 Å². The molecule has 0 radical (unpaired) electrons. The van der Waals surface area contributed by atoms with Crippen LogP contribution in [-0.2, 0) is 4.74 Å². The largest absolute Gasteiger partial charge is 0.379 e. The lowest BCUT2D eigenvalue weighted by atomic mass is 9.79. The fraction of sp³-hybridized carbons (Fsp3) is 0.875. The molecule has 19 heavy (non-hydrogen) atoms. The van der Waals surface area contributed by atoms with Crippen LogP contribution in [0.2, 0.25) is 0 Å². The van der Waals surface area contributed by atoms with Crippen LogP contribution in [0.15, 0.2) is 11.6 Å². The molecular weight excluding hydrogens is 236 g/mol. The maximum absolute atomic E-state index is 5.52. The van der Waals surface area contributed by atoms with Gasteiger partial charge in [0.05, 0.1) is 13.2 Å². The minimum Gasteiger partial charge on any atom is -0.379 e. The zero-order valence-electron chi connectivity index (χ0n) is 12.9. The molecule has 1 heterocycles. The van der Waals surface area contributed by atoms with E-state index >= 15 is 0 Å². The first-order valence-electron chi connectivity index (χ1n) is 7.91. The highest BCUT2D eigenvalue weighted by molar-refractivity contribution is 5.20. The Morgan fingerprint density at radius 1 is 1.37 bits per heavy atom. The Labute approximate surface area is 118 Å². The van der Waals surface area contributed by atoms with E-state index in [1.54, 1.807) is 5.57 Å². The summed E-state index contributed by atoms with van der Waals surface area (Å²) >= 11 is 0. The average Bonchev–Trinajstić information content (AvgIpc) is 2.49. The highest BCUT2D eigenvalue weighted by Crippen LogP contribution is 2.32. The third-order valence-electron chi connectivity index (χ3n) is 5.06. The molecule has 2 aliphatic rings. The van der Waals surface area contributed by atoms with Crippen molar-refractivity contribution in [2.45, 2.75) is 57.5 Å². The van der Waals surface area contributed by atoms with Gasteiger partial charge in [-0.3, -0.25) is 4.90 Å². The second-order valence-electron chi connectivity index (χ2n) is 6.06. The predicted molar refractivity (Wildman–Crippen MR) is 80.5 cm³/mol. The van der Waals surface area contributed by atoms with Gasteiger partial charge in [0.15, 0.2) is 0 Å². The molecule has 0 bridgehead atoms. The second-order valence-corrected chi connectivity index (χ2v) is 6.06. The van der Waals surface area contributed by atoms with Gasteiger partial charge in [-0.15, -0.1) is 0 Å². The molecule has 0 spiro atoms. The first kappa shape index (κ1) is 15.0. The molecule has 0 saturated carbocycles. The number of likely N-dealkylation sites (N-methyl/N-ethyl adjacent to an activating group) is 1. The third kappa shape index (κ3) is 3.21. The summed E-state index contributed by atoms with van der Waals surface area (Å²) in [5.74, 6) is 0. The molecule has 110 valence electrons. The van der Waals surface area contributed by atoms with Crippen LogP contribution in [0.5, 0.6) is 0 Å². The fourth-order valence-corrected chi connectivity index (χ4v) is 3.71. The van der Waals surface area contributed by atoms with E-state index < -0.39 is 0 Å². The summed E-state index contributed by atoms with van der Waals surface area (Å²) in [7, 11) is 2.12.